The van der Waals surface area contributed by atoms with Crippen molar-refractivity contribution in [3.05, 3.63) is 118 Å². The zero-order valence-electron chi connectivity index (χ0n) is 20.5. The number of allylic oxidation sites excluding steroid dienone is 4. The predicted molar refractivity (Wildman–Crippen MR) is 138 cm³/mol. The van der Waals surface area contributed by atoms with Crippen molar-refractivity contribution in [3.63, 3.8) is 0 Å². The number of nitrogens with zero attached hydrogens (tertiary/aromatic N) is 1. The van der Waals surface area contributed by atoms with Crippen molar-refractivity contribution < 1.29 is 14.3 Å². The summed E-state index contributed by atoms with van der Waals surface area (Å²) in [7, 11) is 1.64. The summed E-state index contributed by atoms with van der Waals surface area (Å²) >= 11 is 0. The summed E-state index contributed by atoms with van der Waals surface area (Å²) in [6, 6.07) is 28.1. The van der Waals surface area contributed by atoms with E-state index in [1.807, 2.05) is 85.8 Å². The van der Waals surface area contributed by atoms with E-state index in [0.29, 0.717) is 24.2 Å². The Morgan fingerprint density at radius 3 is 2.25 bits per heavy atom. The molecular formula is C31H28N2O3. The molecule has 36 heavy (non-hydrogen) atoms. The van der Waals surface area contributed by atoms with Crippen LogP contribution in [0.15, 0.2) is 101 Å². The number of Topliss-reactive ketones (excluding diaryl/α,β-unsaturated/α-hetero) is 1. The third kappa shape index (κ3) is 4.63. The average molecular weight is 477 g/mol. The van der Waals surface area contributed by atoms with Crippen molar-refractivity contribution in [1.82, 2.24) is 5.32 Å². The summed E-state index contributed by atoms with van der Waals surface area (Å²) in [4.78, 5) is 13.5. The van der Waals surface area contributed by atoms with Gasteiger partial charge in [0.25, 0.3) is 0 Å². The van der Waals surface area contributed by atoms with Gasteiger partial charge in [-0.05, 0) is 60.2 Å². The van der Waals surface area contributed by atoms with Crippen molar-refractivity contribution in [2.75, 3.05) is 7.11 Å². The van der Waals surface area contributed by atoms with Gasteiger partial charge in [-0.3, -0.25) is 4.79 Å². The topological polar surface area (TPSA) is 71.3 Å². The van der Waals surface area contributed by atoms with Crippen molar-refractivity contribution in [2.45, 2.75) is 38.2 Å². The van der Waals surface area contributed by atoms with Gasteiger partial charge in [0.15, 0.2) is 5.78 Å². The molecule has 1 aliphatic carbocycles. The first-order valence-corrected chi connectivity index (χ1v) is 12.1. The molecule has 5 heteroatoms. The lowest BCUT2D eigenvalue weighted by Crippen LogP contribution is -2.33. The third-order valence-electron chi connectivity index (χ3n) is 7.00. The first kappa shape index (κ1) is 23.4. The molecule has 0 unspecified atom stereocenters. The molecule has 0 spiro atoms. The summed E-state index contributed by atoms with van der Waals surface area (Å²) < 4.78 is 11.2. The predicted octanol–water partition coefficient (Wildman–Crippen LogP) is 6.16. The minimum atomic E-state index is -0.376. The maximum Gasteiger partial charge on any atom is 0.162 e. The number of methoxy groups -OCH3 is 1. The van der Waals surface area contributed by atoms with E-state index in [-0.39, 0.29) is 17.6 Å². The Hall–Kier alpha value is -4.30. The van der Waals surface area contributed by atoms with Crippen LogP contribution in [0.25, 0.3) is 0 Å². The molecule has 5 rings (SSSR count). The molecule has 3 aromatic rings. The van der Waals surface area contributed by atoms with Gasteiger partial charge in [0.1, 0.15) is 18.1 Å². The van der Waals surface area contributed by atoms with E-state index >= 15 is 0 Å². The number of ether oxygens (including phenoxy) is 2. The van der Waals surface area contributed by atoms with Crippen LogP contribution in [0.1, 0.15) is 48.3 Å². The monoisotopic (exact) mass is 476 g/mol. The van der Waals surface area contributed by atoms with Crippen LogP contribution in [0.2, 0.25) is 0 Å². The van der Waals surface area contributed by atoms with Crippen LogP contribution in [-0.4, -0.2) is 12.9 Å². The maximum atomic E-state index is 13.5. The number of nitrogens with one attached hydrogen (secondary N) is 1. The van der Waals surface area contributed by atoms with Crippen molar-refractivity contribution in [2.24, 2.45) is 0 Å². The molecule has 0 fully saturated rings. The van der Waals surface area contributed by atoms with Gasteiger partial charge in [-0.15, -0.1) is 0 Å². The summed E-state index contributed by atoms with van der Waals surface area (Å²) in [6.45, 7) is 2.39. The molecule has 0 amide bonds. The number of benzene rings is 3. The number of rotatable bonds is 6. The first-order valence-electron chi connectivity index (χ1n) is 12.1. The molecule has 5 nitrogen and oxygen atoms in total. The molecular weight excluding hydrogens is 448 g/mol. The minimum Gasteiger partial charge on any atom is -0.497 e. The second kappa shape index (κ2) is 10.1. The molecule has 0 aromatic heterocycles. The standard InChI is InChI=1S/C31H28N2O3/c1-20-27(18-32)30(23-10-14-26(15-11-23)36-19-21-6-4-3-5-7-21)31-28(33-20)16-24(17-29(31)34)22-8-12-25(35-2)13-9-22/h3-15,24,30,33H,16-17,19H2,1-2H3/t24-,30-/m1/s1. The van der Waals surface area contributed by atoms with E-state index in [4.69, 9.17) is 9.47 Å². The van der Waals surface area contributed by atoms with Crippen LogP contribution in [0, 0.1) is 11.3 Å². The largest absolute Gasteiger partial charge is 0.497 e. The third-order valence-corrected chi connectivity index (χ3v) is 7.00. The van der Waals surface area contributed by atoms with E-state index in [0.717, 1.165) is 46.0 Å². The molecule has 1 N–H and O–H groups in total. The number of ketones is 1. The number of dihydropyridines is 1. The Kier molecular flexibility index (Phi) is 6.60. The van der Waals surface area contributed by atoms with Gasteiger partial charge >= 0.3 is 0 Å². The molecule has 1 aliphatic heterocycles. The Labute approximate surface area is 211 Å². The Bertz CT molecular complexity index is 1360. The van der Waals surface area contributed by atoms with Crippen LogP contribution in [0.3, 0.4) is 0 Å². The fraction of sp³-hybridized carbons (Fsp3) is 0.226. The van der Waals surface area contributed by atoms with Gasteiger partial charge in [0.05, 0.1) is 24.7 Å². The van der Waals surface area contributed by atoms with Crippen LogP contribution in [0.4, 0.5) is 0 Å². The Balaban J connectivity index is 1.41. The van der Waals surface area contributed by atoms with E-state index in [9.17, 15) is 10.1 Å². The van der Waals surface area contributed by atoms with E-state index in [1.165, 1.54) is 0 Å². The van der Waals surface area contributed by atoms with Gasteiger partial charge in [0.2, 0.25) is 0 Å². The lowest BCUT2D eigenvalue weighted by Gasteiger charge is -2.35. The fourth-order valence-electron chi connectivity index (χ4n) is 5.13. The molecule has 0 saturated carbocycles. The molecule has 0 bridgehead atoms. The molecule has 0 saturated heterocycles. The molecule has 3 aromatic carbocycles. The maximum absolute atomic E-state index is 13.5. The number of nitriles is 1. The van der Waals surface area contributed by atoms with E-state index < -0.39 is 0 Å². The second-order valence-electron chi connectivity index (χ2n) is 9.25. The Morgan fingerprint density at radius 1 is 0.917 bits per heavy atom. The summed E-state index contributed by atoms with van der Waals surface area (Å²) in [5.41, 5.74) is 6.14. The summed E-state index contributed by atoms with van der Waals surface area (Å²) in [5, 5.41) is 13.4. The number of hydrogen-bond acceptors (Lipinski definition) is 5. The highest BCUT2D eigenvalue weighted by atomic mass is 16.5. The van der Waals surface area contributed by atoms with Crippen LogP contribution in [-0.2, 0) is 11.4 Å². The van der Waals surface area contributed by atoms with E-state index in [2.05, 4.69) is 11.4 Å². The van der Waals surface area contributed by atoms with Gasteiger partial charge in [-0.1, -0.05) is 54.6 Å². The van der Waals surface area contributed by atoms with Crippen molar-refractivity contribution in [3.8, 4) is 17.6 Å². The normalized spacial score (nSPS) is 19.3. The van der Waals surface area contributed by atoms with E-state index in [1.54, 1.807) is 7.11 Å². The molecule has 0 radical (unpaired) electrons. The quantitative estimate of drug-likeness (QED) is 0.461. The lowest BCUT2D eigenvalue weighted by molar-refractivity contribution is -0.116. The smallest absolute Gasteiger partial charge is 0.162 e. The van der Waals surface area contributed by atoms with Gasteiger partial charge in [0, 0.05) is 23.4 Å². The zero-order chi connectivity index (χ0) is 25.1. The summed E-state index contributed by atoms with van der Waals surface area (Å²) in [6.07, 6.45) is 1.14. The van der Waals surface area contributed by atoms with Gasteiger partial charge < -0.3 is 14.8 Å². The zero-order valence-corrected chi connectivity index (χ0v) is 20.5. The number of hydrogen-bond donors (Lipinski definition) is 1. The number of carbonyl (C=O) groups excluding carboxylic acids is 1. The Morgan fingerprint density at radius 2 is 1.58 bits per heavy atom. The minimum absolute atomic E-state index is 0.0826. The lowest BCUT2D eigenvalue weighted by atomic mass is 9.72. The second-order valence-corrected chi connectivity index (χ2v) is 9.25. The van der Waals surface area contributed by atoms with Crippen LogP contribution >= 0.6 is 0 Å². The van der Waals surface area contributed by atoms with Gasteiger partial charge in [-0.2, -0.15) is 5.26 Å². The van der Waals surface area contributed by atoms with Crippen LogP contribution in [0.5, 0.6) is 11.5 Å². The molecule has 1 heterocycles. The average Bonchev–Trinajstić information content (AvgIpc) is 2.92. The van der Waals surface area contributed by atoms with Crippen molar-refractivity contribution >= 4 is 5.78 Å². The first-order chi connectivity index (χ1) is 17.6. The highest BCUT2D eigenvalue weighted by Crippen LogP contribution is 2.45. The SMILES string of the molecule is COc1ccc([C@H]2CC(=O)C3=C(C2)NC(C)=C(C#N)[C@H]3c2ccc(OCc3ccccc3)cc2)cc1. The molecule has 180 valence electrons. The van der Waals surface area contributed by atoms with Crippen molar-refractivity contribution in [1.29, 1.82) is 5.26 Å². The molecule has 2 aliphatic rings. The highest BCUT2D eigenvalue weighted by Gasteiger charge is 2.38. The number of carbonyl (C=O) groups is 1. The van der Waals surface area contributed by atoms with Crippen LogP contribution < -0.4 is 14.8 Å². The fourth-order valence-corrected chi connectivity index (χ4v) is 5.13. The van der Waals surface area contributed by atoms with Gasteiger partial charge in [-0.25, -0.2) is 0 Å². The highest BCUT2D eigenvalue weighted by molar-refractivity contribution is 6.00. The molecule has 2 atom stereocenters. The summed E-state index contributed by atoms with van der Waals surface area (Å²) in [5.74, 6) is 1.34.